The molecule has 19 heavy (non-hydrogen) atoms. The Balaban J connectivity index is 2.52. The molecule has 6 heteroatoms. The van der Waals surface area contributed by atoms with Crippen LogP contribution in [0.4, 0.5) is 0 Å². The number of nitrogens with one attached hydrogen (secondary N) is 1. The normalized spacial score (nSPS) is 23.6. The lowest BCUT2D eigenvalue weighted by molar-refractivity contribution is -0.142. The molecule has 0 spiro atoms. The summed E-state index contributed by atoms with van der Waals surface area (Å²) in [6.07, 6.45) is 3.44. The van der Waals surface area contributed by atoms with Crippen molar-refractivity contribution < 1.29 is 14.7 Å². The molecule has 0 bridgehead atoms. The van der Waals surface area contributed by atoms with Crippen molar-refractivity contribution >= 4 is 23.6 Å². The van der Waals surface area contributed by atoms with E-state index in [0.717, 1.165) is 25.0 Å². The van der Waals surface area contributed by atoms with Gasteiger partial charge in [0.1, 0.15) is 6.04 Å². The summed E-state index contributed by atoms with van der Waals surface area (Å²) in [5.41, 5.74) is 5.82. The van der Waals surface area contributed by atoms with Crippen molar-refractivity contribution in [2.75, 3.05) is 5.75 Å². The minimum atomic E-state index is -0.975. The van der Waals surface area contributed by atoms with Gasteiger partial charge in [0.2, 0.25) is 5.91 Å². The molecule has 1 rings (SSSR count). The Bertz CT molecular complexity index is 319. The summed E-state index contributed by atoms with van der Waals surface area (Å²) in [6, 6.07) is -1.46. The summed E-state index contributed by atoms with van der Waals surface area (Å²) in [7, 11) is 0. The Hall–Kier alpha value is -0.750. The van der Waals surface area contributed by atoms with Crippen LogP contribution < -0.4 is 11.1 Å². The summed E-state index contributed by atoms with van der Waals surface area (Å²) in [4.78, 5) is 23.1. The second-order valence-electron chi connectivity index (χ2n) is 5.18. The number of hydrogen-bond acceptors (Lipinski definition) is 4. The first-order valence-electron chi connectivity index (χ1n) is 6.86. The number of nitrogens with two attached hydrogens (primary N) is 1. The van der Waals surface area contributed by atoms with Gasteiger partial charge >= 0.3 is 5.97 Å². The topological polar surface area (TPSA) is 92.4 Å². The molecule has 4 atom stereocenters. The maximum absolute atomic E-state index is 11.9. The summed E-state index contributed by atoms with van der Waals surface area (Å²) in [5, 5.41) is 12.1. The smallest absolute Gasteiger partial charge is 0.326 e. The van der Waals surface area contributed by atoms with E-state index >= 15 is 0 Å². The number of aliphatic carboxylic acids is 1. The largest absolute Gasteiger partial charge is 0.480 e. The van der Waals surface area contributed by atoms with Crippen LogP contribution in [0.25, 0.3) is 0 Å². The zero-order chi connectivity index (χ0) is 14.4. The van der Waals surface area contributed by atoms with E-state index in [9.17, 15) is 14.7 Å². The highest BCUT2D eigenvalue weighted by molar-refractivity contribution is 8.00. The Morgan fingerprint density at radius 3 is 2.68 bits per heavy atom. The fourth-order valence-electron chi connectivity index (χ4n) is 2.09. The minimum Gasteiger partial charge on any atom is -0.480 e. The highest BCUT2D eigenvalue weighted by atomic mass is 32.2. The van der Waals surface area contributed by atoms with Crippen LogP contribution in [0.3, 0.4) is 0 Å². The van der Waals surface area contributed by atoms with Crippen molar-refractivity contribution in [1.82, 2.24) is 5.32 Å². The van der Waals surface area contributed by atoms with Crippen LogP contribution in [0.5, 0.6) is 0 Å². The van der Waals surface area contributed by atoms with Crippen LogP contribution in [0.15, 0.2) is 0 Å². The molecule has 4 N–H and O–H groups in total. The van der Waals surface area contributed by atoms with E-state index in [1.165, 1.54) is 0 Å². The lowest BCUT2D eigenvalue weighted by atomic mass is 9.98. The van der Waals surface area contributed by atoms with Gasteiger partial charge in [0, 0.05) is 5.25 Å². The summed E-state index contributed by atoms with van der Waals surface area (Å²) >= 11 is 1.79. The van der Waals surface area contributed by atoms with Crippen LogP contribution in [-0.4, -0.2) is 40.1 Å². The van der Waals surface area contributed by atoms with Crippen LogP contribution in [0.2, 0.25) is 0 Å². The molecule has 0 aromatic heterocycles. The standard InChI is InChI=1S/C13H24N2O3S/c1-3-8(2)11(14)12(16)15-10(13(17)18)7-9-5-4-6-19-9/h8-11H,3-7,14H2,1-2H3,(H,15,16)(H,17,18)/t8?,9-,10+,11+/m1/s1. The zero-order valence-corrected chi connectivity index (χ0v) is 12.4. The number of rotatable bonds is 7. The number of carboxylic acids is 1. The molecule has 0 aromatic carbocycles. The highest BCUT2D eigenvalue weighted by Crippen LogP contribution is 2.29. The Kier molecular flexibility index (Phi) is 6.65. The average Bonchev–Trinajstić information content (AvgIpc) is 2.88. The second-order valence-corrected chi connectivity index (χ2v) is 6.59. The third-order valence-electron chi connectivity index (χ3n) is 3.70. The molecule has 0 aliphatic carbocycles. The summed E-state index contributed by atoms with van der Waals surface area (Å²) in [5.74, 6) is -0.200. The molecule has 1 amide bonds. The van der Waals surface area contributed by atoms with Crippen molar-refractivity contribution in [2.24, 2.45) is 11.7 Å². The number of carbonyl (C=O) groups excluding carboxylic acids is 1. The Labute approximate surface area is 118 Å². The maximum Gasteiger partial charge on any atom is 0.326 e. The molecule has 0 saturated carbocycles. The first-order valence-corrected chi connectivity index (χ1v) is 7.91. The molecule has 1 heterocycles. The quantitative estimate of drug-likeness (QED) is 0.655. The Morgan fingerprint density at radius 2 is 2.21 bits per heavy atom. The molecule has 1 aliphatic heterocycles. The van der Waals surface area contributed by atoms with E-state index in [1.807, 2.05) is 13.8 Å². The van der Waals surface area contributed by atoms with Gasteiger partial charge in [0.15, 0.2) is 0 Å². The zero-order valence-electron chi connectivity index (χ0n) is 11.6. The first-order chi connectivity index (χ1) is 8.95. The van der Waals surface area contributed by atoms with Gasteiger partial charge in [0.05, 0.1) is 6.04 Å². The van der Waals surface area contributed by atoms with E-state index in [0.29, 0.717) is 11.7 Å². The lowest BCUT2D eigenvalue weighted by Gasteiger charge is -2.22. The van der Waals surface area contributed by atoms with Crippen molar-refractivity contribution in [3.63, 3.8) is 0 Å². The molecule has 1 aliphatic rings. The maximum atomic E-state index is 11.9. The number of carboxylic acid groups (broad SMARTS) is 1. The molecular formula is C13H24N2O3S. The lowest BCUT2D eigenvalue weighted by Crippen LogP contribution is -2.51. The van der Waals surface area contributed by atoms with E-state index < -0.39 is 18.1 Å². The fraction of sp³-hybridized carbons (Fsp3) is 0.846. The SMILES string of the molecule is CCC(C)[C@H](N)C(=O)N[C@@H](C[C@H]1CCCS1)C(=O)O. The van der Waals surface area contributed by atoms with Crippen LogP contribution >= 0.6 is 11.8 Å². The molecule has 5 nitrogen and oxygen atoms in total. The molecule has 110 valence electrons. The number of hydrogen-bond donors (Lipinski definition) is 3. The van der Waals surface area contributed by atoms with Crippen molar-refractivity contribution in [3.05, 3.63) is 0 Å². The van der Waals surface area contributed by atoms with Gasteiger partial charge in [-0.1, -0.05) is 20.3 Å². The van der Waals surface area contributed by atoms with Gasteiger partial charge in [-0.2, -0.15) is 11.8 Å². The monoisotopic (exact) mass is 288 g/mol. The van der Waals surface area contributed by atoms with Crippen LogP contribution in [-0.2, 0) is 9.59 Å². The number of amides is 1. The molecule has 0 radical (unpaired) electrons. The van der Waals surface area contributed by atoms with E-state index in [-0.39, 0.29) is 11.8 Å². The minimum absolute atomic E-state index is 0.0512. The van der Waals surface area contributed by atoms with Crippen molar-refractivity contribution in [3.8, 4) is 0 Å². The van der Waals surface area contributed by atoms with E-state index in [2.05, 4.69) is 5.32 Å². The average molecular weight is 288 g/mol. The molecule has 1 saturated heterocycles. The van der Waals surface area contributed by atoms with Gasteiger partial charge in [0.25, 0.3) is 0 Å². The van der Waals surface area contributed by atoms with E-state index in [4.69, 9.17) is 5.73 Å². The van der Waals surface area contributed by atoms with E-state index in [1.54, 1.807) is 11.8 Å². The number of carbonyl (C=O) groups is 2. The Morgan fingerprint density at radius 1 is 1.53 bits per heavy atom. The van der Waals surface area contributed by atoms with Crippen molar-refractivity contribution in [2.45, 2.75) is 56.9 Å². The van der Waals surface area contributed by atoms with Crippen LogP contribution in [0.1, 0.15) is 39.5 Å². The van der Waals surface area contributed by atoms with Crippen LogP contribution in [0, 0.1) is 5.92 Å². The number of thioether (sulfide) groups is 1. The summed E-state index contributed by atoms with van der Waals surface area (Å²) < 4.78 is 0. The second kappa shape index (κ2) is 7.75. The van der Waals surface area contributed by atoms with Gasteiger partial charge in [-0.15, -0.1) is 0 Å². The third kappa shape index (κ3) is 5.03. The van der Waals surface area contributed by atoms with Gasteiger partial charge < -0.3 is 16.2 Å². The third-order valence-corrected chi connectivity index (χ3v) is 5.12. The molecule has 1 fully saturated rings. The van der Waals surface area contributed by atoms with Gasteiger partial charge in [-0.25, -0.2) is 4.79 Å². The molecular weight excluding hydrogens is 264 g/mol. The fourth-order valence-corrected chi connectivity index (χ4v) is 3.42. The highest BCUT2D eigenvalue weighted by Gasteiger charge is 2.29. The molecule has 0 aromatic rings. The predicted molar refractivity (Wildman–Crippen MR) is 77.1 cm³/mol. The summed E-state index contributed by atoms with van der Waals surface area (Å²) in [6.45, 7) is 3.86. The molecule has 1 unspecified atom stereocenters. The van der Waals surface area contributed by atoms with Gasteiger partial charge in [-0.3, -0.25) is 4.79 Å². The first kappa shape index (κ1) is 16.3. The van der Waals surface area contributed by atoms with Gasteiger partial charge in [-0.05, 0) is 30.9 Å². The predicted octanol–water partition coefficient (Wildman–Crippen LogP) is 1.21. The van der Waals surface area contributed by atoms with Crippen molar-refractivity contribution in [1.29, 1.82) is 0 Å².